The quantitative estimate of drug-likeness (QED) is 0.234. The summed E-state index contributed by atoms with van der Waals surface area (Å²) in [5.41, 5.74) is 5.15. The summed E-state index contributed by atoms with van der Waals surface area (Å²) in [6.07, 6.45) is 2.87. The van der Waals surface area contributed by atoms with Crippen LogP contribution in [0.4, 0.5) is 0 Å². The van der Waals surface area contributed by atoms with Gasteiger partial charge < -0.3 is 16.3 Å². The van der Waals surface area contributed by atoms with Crippen LogP contribution in [0.1, 0.15) is 19.3 Å². The first kappa shape index (κ1) is 8.83. The van der Waals surface area contributed by atoms with Crippen LogP contribution in [-0.2, 0) is 4.79 Å². The summed E-state index contributed by atoms with van der Waals surface area (Å²) in [5, 5.41) is 13.4. The van der Waals surface area contributed by atoms with E-state index in [9.17, 15) is 4.79 Å². The van der Waals surface area contributed by atoms with Crippen molar-refractivity contribution in [3.8, 4) is 0 Å². The molecule has 5 heteroatoms. The average molecular weight is 171 g/mol. The minimum atomic E-state index is -0.0240. The van der Waals surface area contributed by atoms with E-state index < -0.39 is 0 Å². The van der Waals surface area contributed by atoms with Crippen LogP contribution in [0.25, 0.3) is 0 Å². The molecule has 0 aromatic carbocycles. The first-order chi connectivity index (χ1) is 5.72. The molecule has 0 spiro atoms. The summed E-state index contributed by atoms with van der Waals surface area (Å²) < 4.78 is 0. The standard InChI is InChI=1S/C7H13N3O2/c8-6(10-12)4-9-7(11)3-5-1-2-5/h5,12H,1-4H2,(H2,8,10)(H,9,11). The van der Waals surface area contributed by atoms with Crippen LogP contribution in [0.2, 0.25) is 0 Å². The van der Waals surface area contributed by atoms with Crippen LogP contribution in [-0.4, -0.2) is 23.5 Å². The third-order valence-electron chi connectivity index (χ3n) is 1.77. The summed E-state index contributed by atoms with van der Waals surface area (Å²) in [5.74, 6) is 0.570. The number of amides is 1. The second-order valence-corrected chi connectivity index (χ2v) is 3.02. The van der Waals surface area contributed by atoms with Gasteiger partial charge in [0, 0.05) is 6.42 Å². The van der Waals surface area contributed by atoms with Crippen molar-refractivity contribution >= 4 is 11.7 Å². The second-order valence-electron chi connectivity index (χ2n) is 3.02. The van der Waals surface area contributed by atoms with Gasteiger partial charge in [-0.2, -0.15) is 0 Å². The van der Waals surface area contributed by atoms with Crippen molar-refractivity contribution in [1.82, 2.24) is 5.32 Å². The zero-order valence-corrected chi connectivity index (χ0v) is 6.79. The van der Waals surface area contributed by atoms with Gasteiger partial charge in [-0.3, -0.25) is 4.79 Å². The maximum Gasteiger partial charge on any atom is 0.220 e. The lowest BCUT2D eigenvalue weighted by Gasteiger charge is -2.01. The normalized spacial score (nSPS) is 17.5. The molecular weight excluding hydrogens is 158 g/mol. The number of hydrogen-bond donors (Lipinski definition) is 3. The van der Waals surface area contributed by atoms with E-state index in [0.29, 0.717) is 12.3 Å². The van der Waals surface area contributed by atoms with Crippen molar-refractivity contribution in [2.45, 2.75) is 19.3 Å². The van der Waals surface area contributed by atoms with E-state index in [1.165, 1.54) is 0 Å². The molecule has 0 heterocycles. The number of rotatable bonds is 4. The Morgan fingerprint density at radius 3 is 2.83 bits per heavy atom. The van der Waals surface area contributed by atoms with Gasteiger partial charge in [0.15, 0.2) is 5.84 Å². The average Bonchev–Trinajstić information content (AvgIpc) is 2.84. The van der Waals surface area contributed by atoms with Crippen LogP contribution in [0.5, 0.6) is 0 Å². The van der Waals surface area contributed by atoms with Gasteiger partial charge in [-0.05, 0) is 18.8 Å². The zero-order chi connectivity index (χ0) is 8.97. The Morgan fingerprint density at radius 2 is 2.33 bits per heavy atom. The van der Waals surface area contributed by atoms with Crippen LogP contribution >= 0.6 is 0 Å². The van der Waals surface area contributed by atoms with E-state index in [0.717, 1.165) is 12.8 Å². The lowest BCUT2D eigenvalue weighted by molar-refractivity contribution is -0.121. The topological polar surface area (TPSA) is 87.7 Å². The Kier molecular flexibility index (Phi) is 2.90. The molecule has 1 rings (SSSR count). The van der Waals surface area contributed by atoms with Crippen molar-refractivity contribution < 1.29 is 10.0 Å². The fourth-order valence-electron chi connectivity index (χ4n) is 0.881. The van der Waals surface area contributed by atoms with Gasteiger partial charge in [-0.15, -0.1) is 0 Å². The summed E-state index contributed by atoms with van der Waals surface area (Å²) in [7, 11) is 0. The fraction of sp³-hybridized carbons (Fsp3) is 0.714. The molecule has 4 N–H and O–H groups in total. The van der Waals surface area contributed by atoms with Crippen molar-refractivity contribution in [2.24, 2.45) is 16.8 Å². The van der Waals surface area contributed by atoms with Gasteiger partial charge in [-0.1, -0.05) is 5.16 Å². The monoisotopic (exact) mass is 171 g/mol. The van der Waals surface area contributed by atoms with Crippen LogP contribution < -0.4 is 11.1 Å². The highest BCUT2D eigenvalue weighted by Crippen LogP contribution is 2.31. The van der Waals surface area contributed by atoms with Gasteiger partial charge in [0.05, 0.1) is 6.54 Å². The number of nitrogens with zero attached hydrogens (tertiary/aromatic N) is 1. The summed E-state index contributed by atoms with van der Waals surface area (Å²) >= 11 is 0. The molecule has 0 aromatic heterocycles. The molecule has 0 atom stereocenters. The molecule has 0 unspecified atom stereocenters. The number of amidine groups is 1. The molecule has 0 aromatic rings. The highest BCUT2D eigenvalue weighted by molar-refractivity contribution is 5.86. The Balaban J connectivity index is 2.08. The Morgan fingerprint density at radius 1 is 1.67 bits per heavy atom. The Hall–Kier alpha value is -1.26. The minimum Gasteiger partial charge on any atom is -0.409 e. The molecule has 1 aliphatic rings. The first-order valence-electron chi connectivity index (χ1n) is 3.95. The van der Waals surface area contributed by atoms with Gasteiger partial charge in [0.25, 0.3) is 0 Å². The summed E-state index contributed by atoms with van der Waals surface area (Å²) in [6, 6.07) is 0. The molecule has 0 bridgehead atoms. The van der Waals surface area contributed by atoms with Crippen LogP contribution in [0.15, 0.2) is 5.16 Å². The highest BCUT2D eigenvalue weighted by atomic mass is 16.4. The minimum absolute atomic E-state index is 0.0240. The number of carbonyl (C=O) groups is 1. The predicted molar refractivity (Wildman–Crippen MR) is 43.8 cm³/mol. The maximum atomic E-state index is 11.0. The van der Waals surface area contributed by atoms with Gasteiger partial charge in [0.2, 0.25) is 5.91 Å². The summed E-state index contributed by atoms with van der Waals surface area (Å²) in [6.45, 7) is 0.127. The fourth-order valence-corrected chi connectivity index (χ4v) is 0.881. The number of nitrogens with one attached hydrogen (secondary N) is 1. The third kappa shape index (κ3) is 3.23. The molecule has 1 amide bonds. The summed E-state index contributed by atoms with van der Waals surface area (Å²) in [4.78, 5) is 11.0. The van der Waals surface area contributed by atoms with E-state index in [-0.39, 0.29) is 18.3 Å². The lowest BCUT2D eigenvalue weighted by Crippen LogP contribution is -2.33. The first-order valence-corrected chi connectivity index (χ1v) is 3.95. The molecule has 68 valence electrons. The number of nitrogens with two attached hydrogens (primary N) is 1. The van der Waals surface area contributed by atoms with Crippen molar-refractivity contribution in [2.75, 3.05) is 6.54 Å². The van der Waals surface area contributed by atoms with Crippen molar-refractivity contribution in [1.29, 1.82) is 0 Å². The largest absolute Gasteiger partial charge is 0.409 e. The molecule has 12 heavy (non-hydrogen) atoms. The molecule has 1 aliphatic carbocycles. The smallest absolute Gasteiger partial charge is 0.220 e. The van der Waals surface area contributed by atoms with Gasteiger partial charge in [-0.25, -0.2) is 0 Å². The zero-order valence-electron chi connectivity index (χ0n) is 6.79. The predicted octanol–water partition coefficient (Wildman–Crippen LogP) is -0.351. The molecule has 1 fully saturated rings. The maximum absolute atomic E-state index is 11.0. The van der Waals surface area contributed by atoms with Crippen LogP contribution in [0.3, 0.4) is 0 Å². The van der Waals surface area contributed by atoms with E-state index in [1.54, 1.807) is 0 Å². The van der Waals surface area contributed by atoms with Gasteiger partial charge in [0.1, 0.15) is 0 Å². The van der Waals surface area contributed by atoms with Crippen molar-refractivity contribution in [3.63, 3.8) is 0 Å². The molecule has 0 saturated heterocycles. The lowest BCUT2D eigenvalue weighted by atomic mass is 10.3. The second kappa shape index (κ2) is 3.94. The molecule has 1 saturated carbocycles. The molecule has 0 radical (unpaired) electrons. The van der Waals surface area contributed by atoms with E-state index >= 15 is 0 Å². The molecule has 0 aliphatic heterocycles. The van der Waals surface area contributed by atoms with Crippen LogP contribution in [0, 0.1) is 5.92 Å². The van der Waals surface area contributed by atoms with Crippen molar-refractivity contribution in [3.05, 3.63) is 0 Å². The Labute approximate surface area is 70.6 Å². The Bertz CT molecular complexity index is 199. The SMILES string of the molecule is NC(CNC(=O)CC1CC1)=NO. The molecule has 5 nitrogen and oxygen atoms in total. The number of hydrogen-bond acceptors (Lipinski definition) is 3. The van der Waals surface area contributed by atoms with Gasteiger partial charge >= 0.3 is 0 Å². The van der Waals surface area contributed by atoms with E-state index in [4.69, 9.17) is 10.9 Å². The van der Waals surface area contributed by atoms with E-state index in [1.807, 2.05) is 0 Å². The molecular formula is C7H13N3O2. The van der Waals surface area contributed by atoms with E-state index in [2.05, 4.69) is 10.5 Å². The third-order valence-corrected chi connectivity index (χ3v) is 1.77. The number of oxime groups is 1. The highest BCUT2D eigenvalue weighted by Gasteiger charge is 2.24. The number of carbonyl (C=O) groups excluding carboxylic acids is 1.